The summed E-state index contributed by atoms with van der Waals surface area (Å²) in [6.07, 6.45) is 0.0645. The second-order valence-corrected chi connectivity index (χ2v) is 7.72. The molecular weight excluding hydrogens is 431 g/mol. The van der Waals surface area contributed by atoms with Crippen molar-refractivity contribution in [2.45, 2.75) is 19.0 Å². The maximum Gasteiger partial charge on any atom is 0.247 e. The molecule has 1 atom stereocenters. The second kappa shape index (κ2) is 11.4. The Morgan fingerprint density at radius 2 is 1.56 bits per heavy atom. The standard InChI is InChI=1S/C25H24ClFN2O3/c26-21-10-6-18(7-11-21)16-23(31)29(17-19-8-12-22(27)13-9-19)24(25(32)28-14-15-30)20-4-2-1-3-5-20/h1-13,24,30H,14-17H2,(H,28,32)/t24-/m1/s1. The molecule has 0 bridgehead atoms. The summed E-state index contributed by atoms with van der Waals surface area (Å²) in [6, 6.07) is 20.8. The van der Waals surface area contributed by atoms with Crippen LogP contribution >= 0.6 is 11.6 Å². The second-order valence-electron chi connectivity index (χ2n) is 7.28. The van der Waals surface area contributed by atoms with E-state index in [4.69, 9.17) is 16.7 Å². The fourth-order valence-electron chi connectivity index (χ4n) is 3.37. The first kappa shape index (κ1) is 23.4. The topological polar surface area (TPSA) is 69.6 Å². The Hall–Kier alpha value is -3.22. The molecule has 32 heavy (non-hydrogen) atoms. The molecule has 0 radical (unpaired) electrons. The fourth-order valence-corrected chi connectivity index (χ4v) is 3.50. The van der Waals surface area contributed by atoms with E-state index < -0.39 is 11.9 Å². The zero-order valence-corrected chi connectivity index (χ0v) is 18.1. The summed E-state index contributed by atoms with van der Waals surface area (Å²) in [5, 5.41) is 12.4. The molecule has 3 aromatic rings. The normalized spacial score (nSPS) is 11.6. The Bertz CT molecular complexity index is 1030. The van der Waals surface area contributed by atoms with Crippen LogP contribution in [0.1, 0.15) is 22.7 Å². The van der Waals surface area contributed by atoms with Crippen LogP contribution in [0.4, 0.5) is 4.39 Å². The first-order valence-corrected chi connectivity index (χ1v) is 10.6. The van der Waals surface area contributed by atoms with E-state index in [9.17, 15) is 14.0 Å². The Labute approximate surface area is 191 Å². The molecule has 0 saturated heterocycles. The summed E-state index contributed by atoms with van der Waals surface area (Å²) in [7, 11) is 0. The first-order chi connectivity index (χ1) is 15.5. The molecule has 0 heterocycles. The van der Waals surface area contributed by atoms with Crippen molar-refractivity contribution in [3.8, 4) is 0 Å². The average molecular weight is 455 g/mol. The number of carbonyl (C=O) groups excluding carboxylic acids is 2. The van der Waals surface area contributed by atoms with Gasteiger partial charge in [-0.25, -0.2) is 4.39 Å². The van der Waals surface area contributed by atoms with Crippen molar-refractivity contribution in [2.75, 3.05) is 13.2 Å². The van der Waals surface area contributed by atoms with Crippen LogP contribution in [0, 0.1) is 5.82 Å². The highest BCUT2D eigenvalue weighted by Crippen LogP contribution is 2.25. The van der Waals surface area contributed by atoms with Crippen LogP contribution in [-0.2, 0) is 22.6 Å². The van der Waals surface area contributed by atoms with Crippen molar-refractivity contribution in [2.24, 2.45) is 0 Å². The summed E-state index contributed by atoms with van der Waals surface area (Å²) in [6.45, 7) is -0.0410. The zero-order valence-electron chi connectivity index (χ0n) is 17.4. The molecule has 0 aromatic heterocycles. The Balaban J connectivity index is 1.97. The quantitative estimate of drug-likeness (QED) is 0.515. The Morgan fingerprint density at radius 3 is 2.19 bits per heavy atom. The van der Waals surface area contributed by atoms with E-state index in [2.05, 4.69) is 5.32 Å². The summed E-state index contributed by atoms with van der Waals surface area (Å²) >= 11 is 5.95. The van der Waals surface area contributed by atoms with Crippen molar-refractivity contribution in [3.63, 3.8) is 0 Å². The summed E-state index contributed by atoms with van der Waals surface area (Å²) in [5.41, 5.74) is 2.08. The van der Waals surface area contributed by atoms with Crippen LogP contribution in [0.15, 0.2) is 78.9 Å². The highest BCUT2D eigenvalue weighted by Gasteiger charge is 2.31. The number of hydrogen-bond donors (Lipinski definition) is 2. The van der Waals surface area contributed by atoms with E-state index >= 15 is 0 Å². The van der Waals surface area contributed by atoms with Crippen molar-refractivity contribution >= 4 is 23.4 Å². The van der Waals surface area contributed by atoms with E-state index in [0.29, 0.717) is 16.1 Å². The first-order valence-electron chi connectivity index (χ1n) is 10.2. The summed E-state index contributed by atoms with van der Waals surface area (Å²) in [4.78, 5) is 28.0. The van der Waals surface area contributed by atoms with Crippen molar-refractivity contribution in [1.82, 2.24) is 10.2 Å². The number of nitrogens with zero attached hydrogens (tertiary/aromatic N) is 1. The van der Waals surface area contributed by atoms with Gasteiger partial charge in [0.05, 0.1) is 13.0 Å². The molecule has 3 aromatic carbocycles. The number of carbonyl (C=O) groups is 2. The lowest BCUT2D eigenvalue weighted by Crippen LogP contribution is -2.44. The number of aliphatic hydroxyl groups excluding tert-OH is 1. The molecular formula is C25H24ClFN2O3. The van der Waals surface area contributed by atoms with Gasteiger partial charge in [0.25, 0.3) is 0 Å². The van der Waals surface area contributed by atoms with Crippen LogP contribution in [0.5, 0.6) is 0 Å². The lowest BCUT2D eigenvalue weighted by Gasteiger charge is -2.32. The molecule has 0 aliphatic heterocycles. The van der Waals surface area contributed by atoms with Crippen LogP contribution in [0.25, 0.3) is 0 Å². The van der Waals surface area contributed by atoms with Gasteiger partial charge in [-0.15, -0.1) is 0 Å². The van der Waals surface area contributed by atoms with E-state index in [1.165, 1.54) is 17.0 Å². The van der Waals surface area contributed by atoms with Gasteiger partial charge in [0.2, 0.25) is 11.8 Å². The van der Waals surface area contributed by atoms with Crippen LogP contribution < -0.4 is 5.32 Å². The molecule has 0 saturated carbocycles. The Morgan fingerprint density at radius 1 is 0.938 bits per heavy atom. The average Bonchev–Trinajstić information content (AvgIpc) is 2.80. The monoisotopic (exact) mass is 454 g/mol. The van der Waals surface area contributed by atoms with Gasteiger partial charge in [-0.3, -0.25) is 9.59 Å². The third kappa shape index (κ3) is 6.39. The minimum atomic E-state index is -0.924. The van der Waals surface area contributed by atoms with Gasteiger partial charge in [-0.2, -0.15) is 0 Å². The predicted molar refractivity (Wildman–Crippen MR) is 121 cm³/mol. The third-order valence-corrected chi connectivity index (χ3v) is 5.19. The van der Waals surface area contributed by atoms with Gasteiger partial charge >= 0.3 is 0 Å². The number of rotatable bonds is 9. The molecule has 166 valence electrons. The van der Waals surface area contributed by atoms with Gasteiger partial charge in [0.15, 0.2) is 0 Å². The van der Waals surface area contributed by atoms with E-state index in [-0.39, 0.29) is 37.8 Å². The minimum absolute atomic E-state index is 0.0645. The lowest BCUT2D eigenvalue weighted by molar-refractivity contribution is -0.141. The molecule has 0 spiro atoms. The lowest BCUT2D eigenvalue weighted by atomic mass is 10.0. The molecule has 2 N–H and O–H groups in total. The largest absolute Gasteiger partial charge is 0.395 e. The maximum absolute atomic E-state index is 13.5. The number of aliphatic hydroxyl groups is 1. The third-order valence-electron chi connectivity index (χ3n) is 4.94. The number of amides is 2. The molecule has 0 fully saturated rings. The summed E-state index contributed by atoms with van der Waals surface area (Å²) < 4.78 is 13.4. The maximum atomic E-state index is 13.5. The van der Waals surface area contributed by atoms with Crippen LogP contribution in [0.2, 0.25) is 5.02 Å². The van der Waals surface area contributed by atoms with Gasteiger partial charge in [-0.05, 0) is 41.0 Å². The number of halogens is 2. The predicted octanol–water partition coefficient (Wildman–Crippen LogP) is 3.90. The van der Waals surface area contributed by atoms with E-state index in [1.807, 2.05) is 6.07 Å². The van der Waals surface area contributed by atoms with Crippen molar-refractivity contribution in [3.05, 3.63) is 106 Å². The van der Waals surface area contributed by atoms with Crippen molar-refractivity contribution in [1.29, 1.82) is 0 Å². The Kier molecular flexibility index (Phi) is 8.36. The number of hydrogen-bond acceptors (Lipinski definition) is 3. The highest BCUT2D eigenvalue weighted by molar-refractivity contribution is 6.30. The SMILES string of the molecule is O=C(NCCO)[C@@H](c1ccccc1)N(Cc1ccc(F)cc1)C(=O)Cc1ccc(Cl)cc1. The molecule has 3 rings (SSSR count). The smallest absolute Gasteiger partial charge is 0.247 e. The molecule has 0 aliphatic carbocycles. The van der Waals surface area contributed by atoms with Crippen LogP contribution in [0.3, 0.4) is 0 Å². The van der Waals surface area contributed by atoms with Gasteiger partial charge in [-0.1, -0.05) is 66.2 Å². The van der Waals surface area contributed by atoms with E-state index in [0.717, 1.165) is 5.56 Å². The number of nitrogens with one attached hydrogen (secondary N) is 1. The molecule has 0 aliphatic rings. The molecule has 2 amide bonds. The van der Waals surface area contributed by atoms with Crippen molar-refractivity contribution < 1.29 is 19.1 Å². The van der Waals surface area contributed by atoms with Crippen LogP contribution in [-0.4, -0.2) is 35.0 Å². The molecule has 7 heteroatoms. The molecule has 5 nitrogen and oxygen atoms in total. The molecule has 0 unspecified atom stereocenters. The van der Waals surface area contributed by atoms with Gasteiger partial charge < -0.3 is 15.3 Å². The number of benzene rings is 3. The van der Waals surface area contributed by atoms with E-state index in [1.54, 1.807) is 60.7 Å². The minimum Gasteiger partial charge on any atom is -0.395 e. The van der Waals surface area contributed by atoms with Gasteiger partial charge in [0, 0.05) is 18.1 Å². The summed E-state index contributed by atoms with van der Waals surface area (Å²) in [5.74, 6) is -1.06. The zero-order chi connectivity index (χ0) is 22.9. The van der Waals surface area contributed by atoms with Gasteiger partial charge in [0.1, 0.15) is 11.9 Å². The fraction of sp³-hybridized carbons (Fsp3) is 0.200. The highest BCUT2D eigenvalue weighted by atomic mass is 35.5.